The Morgan fingerprint density at radius 2 is 1.57 bits per heavy atom. The summed E-state index contributed by atoms with van der Waals surface area (Å²) in [5, 5.41) is 11.5. The summed E-state index contributed by atoms with van der Waals surface area (Å²) < 4.78 is 10.1. The minimum Gasteiger partial charge on any atom is -0.480 e. The van der Waals surface area contributed by atoms with Gasteiger partial charge in [0.2, 0.25) is 0 Å². The van der Waals surface area contributed by atoms with Gasteiger partial charge in [-0.25, -0.2) is 9.59 Å². The highest BCUT2D eigenvalue weighted by Crippen LogP contribution is 2.44. The fraction of sp³-hybridized carbons (Fsp3) is 0.286. The number of hydrogen-bond donors (Lipinski definition) is 2. The molecule has 0 radical (unpaired) electrons. The predicted molar refractivity (Wildman–Crippen MR) is 101 cm³/mol. The van der Waals surface area contributed by atoms with Crippen LogP contribution in [0.15, 0.2) is 48.5 Å². The van der Waals surface area contributed by atoms with Gasteiger partial charge in [-0.2, -0.15) is 0 Å². The van der Waals surface area contributed by atoms with Gasteiger partial charge in [-0.15, -0.1) is 0 Å². The molecule has 0 saturated carbocycles. The number of aliphatic carboxylic acids is 1. The minimum absolute atomic E-state index is 0.0426. The summed E-state index contributed by atoms with van der Waals surface area (Å²) in [6, 6.07) is 14.7. The van der Waals surface area contributed by atoms with Crippen molar-refractivity contribution in [2.24, 2.45) is 0 Å². The lowest BCUT2D eigenvalue weighted by Gasteiger charge is -2.17. The van der Waals surface area contributed by atoms with Crippen LogP contribution in [-0.4, -0.2) is 42.4 Å². The molecule has 2 aromatic carbocycles. The number of fused-ring (bicyclic) bond motifs is 3. The van der Waals surface area contributed by atoms with Crippen molar-refractivity contribution in [3.8, 4) is 11.1 Å². The third-order valence-electron chi connectivity index (χ3n) is 4.65. The molecule has 0 saturated heterocycles. The van der Waals surface area contributed by atoms with Crippen LogP contribution in [-0.2, 0) is 19.1 Å². The number of carboxylic acid groups (broad SMARTS) is 1. The second-order valence-corrected chi connectivity index (χ2v) is 6.49. The normalized spacial score (nSPS) is 13.2. The Labute approximate surface area is 162 Å². The minimum atomic E-state index is -1.22. The van der Waals surface area contributed by atoms with E-state index in [-0.39, 0.29) is 25.6 Å². The van der Waals surface area contributed by atoms with Crippen LogP contribution in [0.4, 0.5) is 4.79 Å². The molecule has 0 aliphatic heterocycles. The summed E-state index contributed by atoms with van der Waals surface area (Å²) in [6.45, 7) is 1.22. The number of benzene rings is 2. The number of esters is 1. The van der Waals surface area contributed by atoms with E-state index >= 15 is 0 Å². The van der Waals surface area contributed by atoms with Gasteiger partial charge >= 0.3 is 18.0 Å². The molecule has 2 N–H and O–H groups in total. The van der Waals surface area contributed by atoms with Gasteiger partial charge in [-0.05, 0) is 22.3 Å². The Morgan fingerprint density at radius 1 is 1.00 bits per heavy atom. The van der Waals surface area contributed by atoms with Crippen LogP contribution < -0.4 is 5.32 Å². The number of carbonyl (C=O) groups is 3. The molecule has 146 valence electrons. The van der Waals surface area contributed by atoms with Crippen molar-refractivity contribution in [2.45, 2.75) is 25.3 Å². The average molecular weight is 383 g/mol. The van der Waals surface area contributed by atoms with Gasteiger partial charge in [0.15, 0.2) is 0 Å². The standard InChI is InChI=1S/C21H21NO6/c1-13(23)27-11-10-19(20(24)25)22-21(26)28-12-18-16-8-4-2-6-14(16)15-7-3-5-9-17(15)18/h2-9,18-19H,10-12H2,1H3,(H,22,26)(H,24,25)/t19-/m0/s1. The molecule has 1 aliphatic carbocycles. The SMILES string of the molecule is CC(=O)OCC[C@H](NC(=O)OCC1c2ccccc2-c2ccccc21)C(=O)O. The van der Waals surface area contributed by atoms with E-state index in [0.29, 0.717) is 0 Å². The lowest BCUT2D eigenvalue weighted by molar-refractivity contribution is -0.144. The molecule has 0 aromatic heterocycles. The smallest absolute Gasteiger partial charge is 0.407 e. The van der Waals surface area contributed by atoms with Crippen molar-refractivity contribution in [1.29, 1.82) is 0 Å². The van der Waals surface area contributed by atoms with E-state index in [4.69, 9.17) is 9.47 Å². The number of carbonyl (C=O) groups excluding carboxylic acids is 2. The van der Waals surface area contributed by atoms with Gasteiger partial charge < -0.3 is 19.9 Å². The Hall–Kier alpha value is -3.35. The van der Waals surface area contributed by atoms with Crippen LogP contribution >= 0.6 is 0 Å². The number of alkyl carbamates (subject to hydrolysis) is 1. The molecule has 28 heavy (non-hydrogen) atoms. The fourth-order valence-electron chi connectivity index (χ4n) is 3.36. The zero-order chi connectivity index (χ0) is 20.1. The number of carboxylic acids is 1. The van der Waals surface area contributed by atoms with E-state index < -0.39 is 24.1 Å². The second kappa shape index (κ2) is 8.56. The van der Waals surface area contributed by atoms with Crippen molar-refractivity contribution in [1.82, 2.24) is 5.32 Å². The number of nitrogens with one attached hydrogen (secondary N) is 1. The van der Waals surface area contributed by atoms with Crippen molar-refractivity contribution >= 4 is 18.0 Å². The molecule has 7 heteroatoms. The lowest BCUT2D eigenvalue weighted by Crippen LogP contribution is -2.42. The first-order valence-electron chi connectivity index (χ1n) is 8.95. The predicted octanol–water partition coefficient (Wildman–Crippen LogP) is 2.93. The van der Waals surface area contributed by atoms with Gasteiger partial charge in [0, 0.05) is 19.3 Å². The molecule has 1 aliphatic rings. The molecule has 7 nitrogen and oxygen atoms in total. The summed E-state index contributed by atoms with van der Waals surface area (Å²) in [6.07, 6.45) is -0.865. The molecule has 0 spiro atoms. The van der Waals surface area contributed by atoms with Crippen molar-refractivity contribution < 1.29 is 29.0 Å². The van der Waals surface area contributed by atoms with Gasteiger partial charge in [0.25, 0.3) is 0 Å². The van der Waals surface area contributed by atoms with E-state index in [1.807, 2.05) is 48.5 Å². The second-order valence-electron chi connectivity index (χ2n) is 6.49. The van der Waals surface area contributed by atoms with Crippen LogP contribution in [0.3, 0.4) is 0 Å². The Kier molecular flexibility index (Phi) is 5.93. The first-order valence-corrected chi connectivity index (χ1v) is 8.95. The zero-order valence-electron chi connectivity index (χ0n) is 15.4. The van der Waals surface area contributed by atoms with Crippen molar-refractivity contribution in [3.05, 3.63) is 59.7 Å². The van der Waals surface area contributed by atoms with Gasteiger partial charge in [-0.1, -0.05) is 48.5 Å². The Balaban J connectivity index is 1.62. The summed E-state index contributed by atoms with van der Waals surface area (Å²) in [5.74, 6) is -1.84. The van der Waals surface area contributed by atoms with Crippen LogP contribution in [0.1, 0.15) is 30.4 Å². The third-order valence-corrected chi connectivity index (χ3v) is 4.65. The maximum absolute atomic E-state index is 12.1. The van der Waals surface area contributed by atoms with Crippen LogP contribution in [0.2, 0.25) is 0 Å². The fourth-order valence-corrected chi connectivity index (χ4v) is 3.36. The first kappa shape index (κ1) is 19.4. The van der Waals surface area contributed by atoms with Crippen molar-refractivity contribution in [2.75, 3.05) is 13.2 Å². The van der Waals surface area contributed by atoms with Crippen LogP contribution in [0.25, 0.3) is 11.1 Å². The van der Waals surface area contributed by atoms with Gasteiger partial charge in [0.05, 0.1) is 6.61 Å². The summed E-state index contributed by atoms with van der Waals surface area (Å²) >= 11 is 0. The number of rotatable bonds is 7. The monoisotopic (exact) mass is 383 g/mol. The van der Waals surface area contributed by atoms with E-state index in [0.717, 1.165) is 22.3 Å². The summed E-state index contributed by atoms with van der Waals surface area (Å²) in [4.78, 5) is 34.2. The third kappa shape index (κ3) is 4.31. The van der Waals surface area contributed by atoms with E-state index in [2.05, 4.69) is 5.32 Å². The number of ether oxygens (including phenoxy) is 2. The number of hydrogen-bond acceptors (Lipinski definition) is 5. The molecule has 3 rings (SSSR count). The van der Waals surface area contributed by atoms with Crippen LogP contribution in [0.5, 0.6) is 0 Å². The molecular formula is C21H21NO6. The maximum atomic E-state index is 12.1. The van der Waals surface area contributed by atoms with Gasteiger partial charge in [-0.3, -0.25) is 4.79 Å². The molecule has 0 unspecified atom stereocenters. The Morgan fingerprint density at radius 3 is 2.11 bits per heavy atom. The molecule has 1 amide bonds. The first-order chi connectivity index (χ1) is 13.5. The quantitative estimate of drug-likeness (QED) is 0.713. The molecule has 0 fully saturated rings. The molecule has 0 heterocycles. The highest BCUT2D eigenvalue weighted by atomic mass is 16.5. The van der Waals surface area contributed by atoms with E-state index in [1.54, 1.807) is 0 Å². The highest BCUT2D eigenvalue weighted by Gasteiger charge is 2.29. The summed E-state index contributed by atoms with van der Waals surface area (Å²) in [5.41, 5.74) is 4.36. The zero-order valence-corrected chi connectivity index (χ0v) is 15.4. The molecule has 1 atom stereocenters. The molecule has 2 aromatic rings. The Bertz CT molecular complexity index is 848. The van der Waals surface area contributed by atoms with E-state index in [9.17, 15) is 19.5 Å². The largest absolute Gasteiger partial charge is 0.480 e. The number of amides is 1. The maximum Gasteiger partial charge on any atom is 0.407 e. The topological polar surface area (TPSA) is 102 Å². The highest BCUT2D eigenvalue weighted by molar-refractivity contribution is 5.81. The molecular weight excluding hydrogens is 362 g/mol. The lowest BCUT2D eigenvalue weighted by atomic mass is 9.98. The van der Waals surface area contributed by atoms with E-state index in [1.165, 1.54) is 6.92 Å². The molecule has 0 bridgehead atoms. The van der Waals surface area contributed by atoms with Crippen LogP contribution in [0, 0.1) is 0 Å². The van der Waals surface area contributed by atoms with Gasteiger partial charge in [0.1, 0.15) is 12.6 Å². The summed E-state index contributed by atoms with van der Waals surface area (Å²) in [7, 11) is 0. The van der Waals surface area contributed by atoms with Crippen molar-refractivity contribution in [3.63, 3.8) is 0 Å². The average Bonchev–Trinajstić information content (AvgIpc) is 2.99.